The van der Waals surface area contributed by atoms with Gasteiger partial charge in [0, 0.05) is 13.0 Å². The molecular weight excluding hydrogens is 396 g/mol. The van der Waals surface area contributed by atoms with E-state index in [2.05, 4.69) is 36.8 Å². The van der Waals surface area contributed by atoms with Crippen molar-refractivity contribution < 1.29 is 9.47 Å². The zero-order chi connectivity index (χ0) is 18.5. The third-order valence-electron chi connectivity index (χ3n) is 4.32. The summed E-state index contributed by atoms with van der Waals surface area (Å²) in [6, 6.07) is 6.03. The Morgan fingerprint density at radius 3 is 2.92 bits per heavy atom. The van der Waals surface area contributed by atoms with E-state index in [0.717, 1.165) is 41.7 Å². The van der Waals surface area contributed by atoms with Gasteiger partial charge in [-0.1, -0.05) is 6.42 Å². The van der Waals surface area contributed by atoms with Crippen LogP contribution in [-0.4, -0.2) is 28.5 Å². The van der Waals surface area contributed by atoms with Gasteiger partial charge < -0.3 is 14.0 Å². The molecule has 2 heterocycles. The highest BCUT2D eigenvalue weighted by molar-refractivity contribution is 9.10. The lowest BCUT2D eigenvalue weighted by Gasteiger charge is -2.12. The zero-order valence-corrected chi connectivity index (χ0v) is 16.5. The van der Waals surface area contributed by atoms with Crippen LogP contribution in [0.2, 0.25) is 0 Å². The Balaban J connectivity index is 2.02. The number of allylic oxidation sites excluding steroid dienone is 1. The molecule has 0 fully saturated rings. The summed E-state index contributed by atoms with van der Waals surface area (Å²) < 4.78 is 13.9. The highest BCUT2D eigenvalue weighted by Gasteiger charge is 2.18. The molecule has 0 saturated heterocycles. The number of ether oxygens (including phenoxy) is 2. The Hall–Kier alpha value is -2.33. The molecule has 0 saturated carbocycles. The van der Waals surface area contributed by atoms with Gasteiger partial charge in [0.15, 0.2) is 17.3 Å². The number of benzene rings is 1. The van der Waals surface area contributed by atoms with Crippen molar-refractivity contribution in [2.24, 2.45) is 0 Å². The number of aromatic nitrogens is 3. The number of methoxy groups -OCH3 is 1. The highest BCUT2D eigenvalue weighted by Crippen LogP contribution is 2.37. The second kappa shape index (κ2) is 8.37. The van der Waals surface area contributed by atoms with Gasteiger partial charge in [0.1, 0.15) is 11.9 Å². The van der Waals surface area contributed by atoms with Crippen molar-refractivity contribution in [2.45, 2.75) is 39.2 Å². The van der Waals surface area contributed by atoms with Crippen molar-refractivity contribution in [3.8, 4) is 17.6 Å². The summed E-state index contributed by atoms with van der Waals surface area (Å²) >= 11 is 3.52. The Morgan fingerprint density at radius 1 is 1.35 bits per heavy atom. The van der Waals surface area contributed by atoms with Crippen LogP contribution < -0.4 is 9.47 Å². The minimum absolute atomic E-state index is 0.490. The fraction of sp³-hybridized carbons (Fsp3) is 0.421. The number of halogens is 1. The molecule has 6 nitrogen and oxygen atoms in total. The van der Waals surface area contributed by atoms with Crippen LogP contribution in [0.15, 0.2) is 16.6 Å². The number of fused-ring (bicyclic) bond motifs is 1. The SMILES string of the molecule is CCOc1c(Br)cc(C=C(C#N)c2nnc3n2CCCCC3)cc1OC. The van der Waals surface area contributed by atoms with Gasteiger partial charge in [0.2, 0.25) is 0 Å². The van der Waals surface area contributed by atoms with Gasteiger partial charge in [0.25, 0.3) is 0 Å². The molecule has 3 rings (SSSR count). The van der Waals surface area contributed by atoms with E-state index in [4.69, 9.17) is 9.47 Å². The van der Waals surface area contributed by atoms with Gasteiger partial charge in [-0.3, -0.25) is 0 Å². The molecule has 1 aliphatic heterocycles. The monoisotopic (exact) mass is 416 g/mol. The third-order valence-corrected chi connectivity index (χ3v) is 4.91. The van der Waals surface area contributed by atoms with Crippen LogP contribution in [0.4, 0.5) is 0 Å². The topological polar surface area (TPSA) is 73.0 Å². The molecule has 2 aromatic rings. The van der Waals surface area contributed by atoms with E-state index >= 15 is 0 Å². The maximum atomic E-state index is 9.70. The summed E-state index contributed by atoms with van der Waals surface area (Å²) in [6.07, 6.45) is 6.10. The molecule has 0 radical (unpaired) electrons. The number of hydrogen-bond donors (Lipinski definition) is 0. The zero-order valence-electron chi connectivity index (χ0n) is 15.0. The number of nitrogens with zero attached hydrogens (tertiary/aromatic N) is 4. The van der Waals surface area contributed by atoms with Crippen molar-refractivity contribution in [1.29, 1.82) is 5.26 Å². The minimum atomic E-state index is 0.490. The molecule has 0 unspecified atom stereocenters. The van der Waals surface area contributed by atoms with Crippen LogP contribution in [0.5, 0.6) is 11.5 Å². The molecule has 26 heavy (non-hydrogen) atoms. The van der Waals surface area contributed by atoms with Crippen LogP contribution in [0.25, 0.3) is 11.6 Å². The van der Waals surface area contributed by atoms with Gasteiger partial charge in [-0.25, -0.2) is 0 Å². The fourth-order valence-corrected chi connectivity index (χ4v) is 3.68. The maximum absolute atomic E-state index is 9.70. The number of hydrogen-bond acceptors (Lipinski definition) is 5. The van der Waals surface area contributed by atoms with E-state index in [1.165, 1.54) is 6.42 Å². The van der Waals surface area contributed by atoms with E-state index in [1.54, 1.807) is 7.11 Å². The lowest BCUT2D eigenvalue weighted by atomic mass is 10.1. The van der Waals surface area contributed by atoms with Crippen LogP contribution in [0, 0.1) is 11.3 Å². The Labute approximate surface area is 161 Å². The van der Waals surface area contributed by atoms with Crippen molar-refractivity contribution in [3.05, 3.63) is 33.8 Å². The summed E-state index contributed by atoms with van der Waals surface area (Å²) in [6.45, 7) is 3.32. The molecule has 0 aliphatic carbocycles. The minimum Gasteiger partial charge on any atom is -0.493 e. The van der Waals surface area contributed by atoms with E-state index in [1.807, 2.05) is 25.1 Å². The summed E-state index contributed by atoms with van der Waals surface area (Å²) in [5.41, 5.74) is 1.32. The quantitative estimate of drug-likeness (QED) is 0.681. The standard InChI is InChI=1S/C19H21BrN4O2/c1-3-26-18-15(20)10-13(11-16(18)25-2)9-14(12-21)19-23-22-17-7-5-4-6-8-24(17)19/h9-11H,3-8H2,1-2H3. The molecule has 1 aromatic heterocycles. The smallest absolute Gasteiger partial charge is 0.175 e. The molecule has 0 amide bonds. The predicted octanol–water partition coefficient (Wildman–Crippen LogP) is 4.24. The molecule has 1 aliphatic rings. The summed E-state index contributed by atoms with van der Waals surface area (Å²) in [4.78, 5) is 0. The van der Waals surface area contributed by atoms with Crippen molar-refractivity contribution in [1.82, 2.24) is 14.8 Å². The van der Waals surface area contributed by atoms with E-state index in [0.29, 0.717) is 29.5 Å². The first-order valence-electron chi connectivity index (χ1n) is 8.72. The first-order valence-corrected chi connectivity index (χ1v) is 9.51. The molecular formula is C19H21BrN4O2. The first-order chi connectivity index (χ1) is 12.7. The molecule has 1 aromatic carbocycles. The lowest BCUT2D eigenvalue weighted by molar-refractivity contribution is 0.309. The van der Waals surface area contributed by atoms with Crippen molar-refractivity contribution in [3.63, 3.8) is 0 Å². The van der Waals surface area contributed by atoms with Gasteiger partial charge in [0.05, 0.1) is 23.8 Å². The van der Waals surface area contributed by atoms with Crippen molar-refractivity contribution in [2.75, 3.05) is 13.7 Å². The second-order valence-electron chi connectivity index (χ2n) is 6.04. The molecule has 0 atom stereocenters. The maximum Gasteiger partial charge on any atom is 0.175 e. The lowest BCUT2D eigenvalue weighted by Crippen LogP contribution is -2.05. The Bertz CT molecular complexity index is 867. The normalized spacial score (nSPS) is 14.3. The van der Waals surface area contributed by atoms with Gasteiger partial charge in [-0.2, -0.15) is 5.26 Å². The van der Waals surface area contributed by atoms with Crippen LogP contribution in [0.3, 0.4) is 0 Å². The number of nitriles is 1. The summed E-state index contributed by atoms with van der Waals surface area (Å²) in [5, 5.41) is 18.3. The third kappa shape index (κ3) is 3.75. The van der Waals surface area contributed by atoms with E-state index in [-0.39, 0.29) is 0 Å². The van der Waals surface area contributed by atoms with E-state index < -0.39 is 0 Å². The summed E-state index contributed by atoms with van der Waals surface area (Å²) in [7, 11) is 1.60. The predicted molar refractivity (Wildman–Crippen MR) is 103 cm³/mol. The average molecular weight is 417 g/mol. The highest BCUT2D eigenvalue weighted by atomic mass is 79.9. The van der Waals surface area contributed by atoms with Crippen LogP contribution in [-0.2, 0) is 13.0 Å². The van der Waals surface area contributed by atoms with Crippen molar-refractivity contribution >= 4 is 27.6 Å². The molecule has 136 valence electrons. The average Bonchev–Trinajstić information content (AvgIpc) is 2.89. The van der Waals surface area contributed by atoms with E-state index in [9.17, 15) is 5.26 Å². The molecule has 7 heteroatoms. The Morgan fingerprint density at radius 2 is 2.19 bits per heavy atom. The number of rotatable bonds is 5. The molecule has 0 bridgehead atoms. The molecule has 0 N–H and O–H groups in total. The van der Waals surface area contributed by atoms with Crippen LogP contribution in [0.1, 0.15) is 43.4 Å². The largest absolute Gasteiger partial charge is 0.493 e. The van der Waals surface area contributed by atoms with Gasteiger partial charge in [-0.15, -0.1) is 10.2 Å². The van der Waals surface area contributed by atoms with Gasteiger partial charge in [-0.05, 0) is 59.5 Å². The first kappa shape index (κ1) is 18.5. The molecule has 0 spiro atoms. The van der Waals surface area contributed by atoms with Gasteiger partial charge >= 0.3 is 0 Å². The Kier molecular flexibility index (Phi) is 5.94. The number of aryl methyl sites for hydroxylation is 1. The summed E-state index contributed by atoms with van der Waals surface area (Å²) in [5.74, 6) is 2.87. The fourth-order valence-electron chi connectivity index (χ4n) is 3.11. The second-order valence-corrected chi connectivity index (χ2v) is 6.89. The van der Waals surface area contributed by atoms with Crippen LogP contribution >= 0.6 is 15.9 Å².